The number of rotatable bonds is 13. The van der Waals surface area contributed by atoms with E-state index >= 15 is 0 Å². The van der Waals surface area contributed by atoms with Gasteiger partial charge >= 0.3 is 11.9 Å². The molecule has 1 aromatic carbocycles. The summed E-state index contributed by atoms with van der Waals surface area (Å²) in [6.45, 7) is 8.57. The van der Waals surface area contributed by atoms with Gasteiger partial charge in [-0.1, -0.05) is 42.5 Å². The molecule has 1 heterocycles. The number of carbonyl (C=O) groups is 2. The van der Waals surface area contributed by atoms with E-state index in [2.05, 4.69) is 23.6 Å². The Morgan fingerprint density at radius 1 is 1.18 bits per heavy atom. The van der Waals surface area contributed by atoms with Gasteiger partial charge in [0.2, 0.25) is 11.6 Å². The van der Waals surface area contributed by atoms with E-state index in [0.717, 1.165) is 5.56 Å². The molecule has 0 unspecified atom stereocenters. The van der Waals surface area contributed by atoms with E-state index in [1.807, 2.05) is 11.5 Å². The third-order valence-electron chi connectivity index (χ3n) is 5.01. The smallest absolute Gasteiger partial charge is 0.421 e. The lowest BCUT2D eigenvalue weighted by Crippen LogP contribution is -2.47. The average molecular weight is 537 g/mol. The molecule has 0 bridgehead atoms. The Labute approximate surface area is 216 Å². The minimum absolute atomic E-state index is 0.0829. The van der Waals surface area contributed by atoms with Gasteiger partial charge in [0.15, 0.2) is 0 Å². The van der Waals surface area contributed by atoms with Crippen molar-refractivity contribution >= 4 is 17.5 Å². The van der Waals surface area contributed by atoms with Crippen LogP contribution in [-0.4, -0.2) is 33.9 Å². The van der Waals surface area contributed by atoms with E-state index in [4.69, 9.17) is 9.47 Å². The maximum atomic E-state index is 13.6. The summed E-state index contributed by atoms with van der Waals surface area (Å²) in [6.07, 6.45) is -3.22. The van der Waals surface area contributed by atoms with Gasteiger partial charge in [-0.2, -0.15) is 13.2 Å². The van der Waals surface area contributed by atoms with Crippen LogP contribution in [0.25, 0.3) is 0 Å². The van der Waals surface area contributed by atoms with Crippen molar-refractivity contribution in [3.05, 3.63) is 88.6 Å². The topological polar surface area (TPSA) is 133 Å². The highest BCUT2D eigenvalue weighted by Gasteiger charge is 2.40. The number of nitrogens with one attached hydrogen (secondary N) is 2. The lowest BCUT2D eigenvalue weighted by molar-refractivity contribution is -0.385. The molecule has 2 aromatic rings. The van der Waals surface area contributed by atoms with Crippen LogP contribution in [0.1, 0.15) is 47.8 Å². The van der Waals surface area contributed by atoms with Crippen molar-refractivity contribution in [1.82, 2.24) is 15.8 Å². The summed E-state index contributed by atoms with van der Waals surface area (Å²) in [6, 6.07) is 9.13. The average Bonchev–Trinajstić information content (AvgIpc) is 2.86. The maximum Gasteiger partial charge on any atom is 0.421 e. The predicted molar refractivity (Wildman–Crippen MR) is 131 cm³/mol. The van der Waals surface area contributed by atoms with E-state index in [0.29, 0.717) is 6.42 Å². The summed E-state index contributed by atoms with van der Waals surface area (Å²) >= 11 is 0. The van der Waals surface area contributed by atoms with Crippen LogP contribution in [0.4, 0.5) is 18.9 Å². The highest BCUT2D eigenvalue weighted by atomic mass is 19.4. The number of ether oxygens (including phenoxy) is 2. The second kappa shape index (κ2) is 13.9. The highest BCUT2D eigenvalue weighted by Crippen LogP contribution is 2.38. The molecule has 0 aliphatic heterocycles. The lowest BCUT2D eigenvalue weighted by Gasteiger charge is -2.19. The van der Waals surface area contributed by atoms with Crippen LogP contribution in [-0.2, 0) is 22.3 Å². The third-order valence-corrected chi connectivity index (χ3v) is 5.01. The zero-order valence-electron chi connectivity index (χ0n) is 20.5. The Balaban J connectivity index is 2.26. The normalized spacial score (nSPS) is 12.6. The van der Waals surface area contributed by atoms with E-state index in [9.17, 15) is 32.9 Å². The number of aromatic nitrogens is 1. The second-order valence-electron chi connectivity index (χ2n) is 8.01. The molecule has 204 valence electrons. The molecule has 0 aliphatic rings. The zero-order chi connectivity index (χ0) is 28.3. The second-order valence-corrected chi connectivity index (χ2v) is 8.01. The van der Waals surface area contributed by atoms with Crippen molar-refractivity contribution in [3.8, 4) is 5.88 Å². The van der Waals surface area contributed by atoms with Gasteiger partial charge in [-0.3, -0.25) is 30.6 Å². The Morgan fingerprint density at radius 2 is 1.87 bits per heavy atom. The van der Waals surface area contributed by atoms with E-state index in [1.165, 1.54) is 13.0 Å². The molecule has 2 atom stereocenters. The van der Waals surface area contributed by atoms with Crippen molar-refractivity contribution in [2.24, 2.45) is 0 Å². The number of nitro groups is 1. The van der Waals surface area contributed by atoms with Crippen molar-refractivity contribution in [3.63, 3.8) is 0 Å². The van der Waals surface area contributed by atoms with Crippen LogP contribution in [0.3, 0.4) is 0 Å². The molecule has 0 radical (unpaired) electrons. The monoisotopic (exact) mass is 536 g/mol. The number of carbonyl (C=O) groups excluding carboxylic acids is 2. The van der Waals surface area contributed by atoms with Crippen molar-refractivity contribution in [2.75, 3.05) is 0 Å². The van der Waals surface area contributed by atoms with Gasteiger partial charge in [0.25, 0.3) is 11.8 Å². The molecule has 0 spiro atoms. The molecule has 1 aromatic heterocycles. The number of pyridine rings is 1. The highest BCUT2D eigenvalue weighted by molar-refractivity contribution is 5.97. The van der Waals surface area contributed by atoms with Crippen molar-refractivity contribution in [2.45, 2.75) is 51.2 Å². The summed E-state index contributed by atoms with van der Waals surface area (Å²) < 4.78 is 51.5. The Bertz CT molecular complexity index is 1160. The Morgan fingerprint density at radius 3 is 2.45 bits per heavy atom. The lowest BCUT2D eigenvalue weighted by atomic mass is 10.1. The van der Waals surface area contributed by atoms with Crippen LogP contribution in [0.15, 0.2) is 61.7 Å². The SMILES string of the molecule is C=CCC[C@@H](OCc1ccccc1)C(=O)NNC(=O)c1nc(O[C@H](C)CC=C)c(C(F)(F)F)cc1[N+](=O)[O-]. The molecule has 0 fully saturated rings. The molecule has 0 saturated heterocycles. The van der Waals surface area contributed by atoms with Crippen LogP contribution >= 0.6 is 0 Å². The van der Waals surface area contributed by atoms with Crippen molar-refractivity contribution in [1.29, 1.82) is 0 Å². The summed E-state index contributed by atoms with van der Waals surface area (Å²) in [5, 5.41) is 11.5. The van der Waals surface area contributed by atoms with Gasteiger partial charge in [0.05, 0.1) is 11.5 Å². The minimum Gasteiger partial charge on any atom is -0.474 e. The fraction of sp³-hybridized carbons (Fsp3) is 0.320. The maximum absolute atomic E-state index is 13.6. The fourth-order valence-corrected chi connectivity index (χ4v) is 3.15. The van der Waals surface area contributed by atoms with Crippen LogP contribution in [0.5, 0.6) is 5.88 Å². The number of amides is 2. The van der Waals surface area contributed by atoms with Crippen molar-refractivity contribution < 1.29 is 37.2 Å². The first kappa shape index (κ1) is 30.0. The number of alkyl halides is 3. The van der Waals surface area contributed by atoms with Crippen LogP contribution in [0, 0.1) is 10.1 Å². The summed E-state index contributed by atoms with van der Waals surface area (Å²) in [4.78, 5) is 39.2. The largest absolute Gasteiger partial charge is 0.474 e. The Kier molecular flexibility index (Phi) is 10.9. The number of halogens is 3. The molecule has 10 nitrogen and oxygen atoms in total. The fourth-order valence-electron chi connectivity index (χ4n) is 3.15. The first-order valence-electron chi connectivity index (χ1n) is 11.4. The molecule has 0 saturated carbocycles. The number of benzene rings is 1. The standard InChI is InChI=1S/C25H27F3N4O6/c1-4-6-13-20(37-15-17-11-8-7-9-12-17)22(33)30-31-23(34)21-19(32(35)36)14-18(25(26,27)28)24(29-21)38-16(3)10-5-2/h4-5,7-9,11-12,14,16,20H,1-2,6,10,13,15H2,3H3,(H,30,33)(H,31,34)/t16-,20-/m1/s1. The molecule has 38 heavy (non-hydrogen) atoms. The van der Waals surface area contributed by atoms with Crippen LogP contribution in [0.2, 0.25) is 0 Å². The van der Waals surface area contributed by atoms with E-state index in [1.54, 1.807) is 30.3 Å². The molecule has 2 amide bonds. The molecular weight excluding hydrogens is 509 g/mol. The van der Waals surface area contributed by atoms with Crippen LogP contribution < -0.4 is 15.6 Å². The van der Waals surface area contributed by atoms with E-state index in [-0.39, 0.29) is 25.5 Å². The molecule has 13 heteroatoms. The summed E-state index contributed by atoms with van der Waals surface area (Å²) in [5.74, 6) is -3.14. The first-order chi connectivity index (χ1) is 18.0. The zero-order valence-corrected chi connectivity index (χ0v) is 20.5. The quantitative estimate of drug-likeness (QED) is 0.216. The molecule has 0 aliphatic carbocycles. The number of hydrogen-bond acceptors (Lipinski definition) is 7. The van der Waals surface area contributed by atoms with Gasteiger partial charge < -0.3 is 9.47 Å². The van der Waals surface area contributed by atoms with E-state index < -0.39 is 57.9 Å². The molecular formula is C25H27F3N4O6. The van der Waals surface area contributed by atoms with Gasteiger partial charge in [-0.25, -0.2) is 4.98 Å². The molecule has 2 N–H and O–H groups in total. The number of allylic oxidation sites excluding steroid dienone is 1. The summed E-state index contributed by atoms with van der Waals surface area (Å²) in [5.41, 5.74) is 1.07. The summed E-state index contributed by atoms with van der Waals surface area (Å²) in [7, 11) is 0. The number of hydrogen-bond donors (Lipinski definition) is 2. The predicted octanol–water partition coefficient (Wildman–Crippen LogP) is 4.66. The third kappa shape index (κ3) is 8.69. The van der Waals surface area contributed by atoms with Gasteiger partial charge in [0.1, 0.15) is 17.8 Å². The Hall–Kier alpha value is -4.26. The van der Waals surface area contributed by atoms with Gasteiger partial charge in [0, 0.05) is 12.5 Å². The van der Waals surface area contributed by atoms with Gasteiger partial charge in [-0.15, -0.1) is 13.2 Å². The number of hydrazine groups is 1. The van der Waals surface area contributed by atoms with Gasteiger partial charge in [-0.05, 0) is 25.3 Å². The first-order valence-corrected chi connectivity index (χ1v) is 11.4. The molecule has 2 rings (SSSR count). The number of nitrogens with zero attached hydrogens (tertiary/aromatic N) is 2. The minimum atomic E-state index is -5.06.